The molecule has 1 aliphatic heterocycles. The number of benzene rings is 1. The predicted octanol–water partition coefficient (Wildman–Crippen LogP) is 2.23. The first kappa shape index (κ1) is 17.1. The highest BCUT2D eigenvalue weighted by Gasteiger charge is 2.23. The Bertz CT molecular complexity index is 478. The Morgan fingerprint density at radius 3 is 2.86 bits per heavy atom. The molecule has 0 aliphatic carbocycles. The van der Waals surface area contributed by atoms with E-state index in [1.54, 1.807) is 7.05 Å². The highest BCUT2D eigenvalue weighted by molar-refractivity contribution is 9.10. The smallest absolute Gasteiger partial charge is 0.191 e. The van der Waals surface area contributed by atoms with Crippen LogP contribution in [0.4, 0.5) is 5.69 Å². The predicted molar refractivity (Wildman–Crippen MR) is 95.8 cm³/mol. The number of halogens is 1. The highest BCUT2D eigenvalue weighted by Crippen LogP contribution is 2.22. The second-order valence-corrected chi connectivity index (χ2v) is 6.16. The van der Waals surface area contributed by atoms with E-state index in [0.29, 0.717) is 12.6 Å². The highest BCUT2D eigenvalue weighted by atomic mass is 79.9. The molecule has 1 atom stereocenters. The molecule has 2 N–H and O–H groups in total. The van der Waals surface area contributed by atoms with E-state index in [2.05, 4.69) is 60.7 Å². The van der Waals surface area contributed by atoms with Gasteiger partial charge < -0.3 is 20.3 Å². The summed E-state index contributed by atoms with van der Waals surface area (Å²) >= 11 is 3.48. The molecular formula is C16H25BrN4O. The molecule has 0 amide bonds. The molecule has 0 aromatic heterocycles. The van der Waals surface area contributed by atoms with Gasteiger partial charge in [0.2, 0.25) is 0 Å². The van der Waals surface area contributed by atoms with E-state index in [1.807, 2.05) is 6.92 Å². The molecule has 1 heterocycles. The van der Waals surface area contributed by atoms with Crippen molar-refractivity contribution >= 4 is 27.6 Å². The van der Waals surface area contributed by atoms with Crippen LogP contribution in [-0.4, -0.2) is 51.9 Å². The van der Waals surface area contributed by atoms with E-state index < -0.39 is 0 Å². The maximum Gasteiger partial charge on any atom is 0.191 e. The quantitative estimate of drug-likeness (QED) is 0.459. The second kappa shape index (κ2) is 9.00. The topological polar surface area (TPSA) is 48.9 Å². The fourth-order valence-corrected chi connectivity index (χ4v) is 2.80. The number of ether oxygens (including phenoxy) is 1. The van der Waals surface area contributed by atoms with Crippen molar-refractivity contribution in [2.24, 2.45) is 4.99 Å². The van der Waals surface area contributed by atoms with Gasteiger partial charge in [0, 0.05) is 49.5 Å². The van der Waals surface area contributed by atoms with E-state index >= 15 is 0 Å². The molecule has 1 saturated heterocycles. The molecule has 1 unspecified atom stereocenters. The van der Waals surface area contributed by atoms with Gasteiger partial charge in [0.1, 0.15) is 0 Å². The monoisotopic (exact) mass is 368 g/mol. The third kappa shape index (κ3) is 5.18. The van der Waals surface area contributed by atoms with Gasteiger partial charge in [0.15, 0.2) is 5.96 Å². The lowest BCUT2D eigenvalue weighted by Crippen LogP contribution is -2.45. The minimum absolute atomic E-state index is 0.418. The maximum atomic E-state index is 5.33. The van der Waals surface area contributed by atoms with E-state index in [9.17, 15) is 0 Å². The van der Waals surface area contributed by atoms with Crippen LogP contribution in [0, 0.1) is 0 Å². The number of rotatable bonds is 6. The first-order valence-electron chi connectivity index (χ1n) is 7.78. The Hall–Kier alpha value is -1.27. The molecule has 0 radical (unpaired) electrons. The van der Waals surface area contributed by atoms with E-state index in [1.165, 1.54) is 5.69 Å². The summed E-state index contributed by atoms with van der Waals surface area (Å²) in [6, 6.07) is 8.90. The van der Waals surface area contributed by atoms with Gasteiger partial charge in [-0.1, -0.05) is 15.9 Å². The third-order valence-corrected chi connectivity index (χ3v) is 4.22. The van der Waals surface area contributed by atoms with Crippen LogP contribution in [0.3, 0.4) is 0 Å². The standard InChI is InChI=1S/C16H25BrN4O/c1-3-22-11-9-19-16(18-2)20-14-8-10-21(12-14)15-6-4-13(17)5-7-15/h4-7,14H,3,8-12H2,1-2H3,(H2,18,19,20). The van der Waals surface area contributed by atoms with Crippen LogP contribution in [0.15, 0.2) is 33.7 Å². The van der Waals surface area contributed by atoms with Crippen molar-refractivity contribution in [1.82, 2.24) is 10.6 Å². The van der Waals surface area contributed by atoms with Crippen LogP contribution in [0.5, 0.6) is 0 Å². The van der Waals surface area contributed by atoms with Crippen molar-refractivity contribution in [1.29, 1.82) is 0 Å². The number of nitrogens with zero attached hydrogens (tertiary/aromatic N) is 2. The second-order valence-electron chi connectivity index (χ2n) is 5.25. The molecule has 2 rings (SSSR count). The summed E-state index contributed by atoms with van der Waals surface area (Å²) in [5, 5.41) is 6.77. The lowest BCUT2D eigenvalue weighted by Gasteiger charge is -2.20. The Kier molecular flexibility index (Phi) is 6.99. The maximum absolute atomic E-state index is 5.33. The van der Waals surface area contributed by atoms with Crippen LogP contribution >= 0.6 is 15.9 Å². The van der Waals surface area contributed by atoms with Crippen molar-refractivity contribution in [3.05, 3.63) is 28.7 Å². The first-order chi connectivity index (χ1) is 10.7. The molecule has 22 heavy (non-hydrogen) atoms. The Balaban J connectivity index is 1.78. The van der Waals surface area contributed by atoms with Gasteiger partial charge in [0.25, 0.3) is 0 Å². The summed E-state index contributed by atoms with van der Waals surface area (Å²) in [6.07, 6.45) is 1.11. The van der Waals surface area contributed by atoms with Gasteiger partial charge in [0.05, 0.1) is 6.61 Å². The fraction of sp³-hybridized carbons (Fsp3) is 0.562. The third-order valence-electron chi connectivity index (χ3n) is 3.69. The van der Waals surface area contributed by atoms with Crippen molar-refractivity contribution in [3.8, 4) is 0 Å². The number of hydrogen-bond acceptors (Lipinski definition) is 3. The minimum Gasteiger partial charge on any atom is -0.380 e. The van der Waals surface area contributed by atoms with Crippen LogP contribution in [0.2, 0.25) is 0 Å². The Labute approximate surface area is 141 Å². The number of nitrogens with one attached hydrogen (secondary N) is 2. The number of guanidine groups is 1. The zero-order valence-corrected chi connectivity index (χ0v) is 14.9. The molecule has 1 aromatic rings. The van der Waals surface area contributed by atoms with Crippen LogP contribution in [-0.2, 0) is 4.74 Å². The van der Waals surface area contributed by atoms with Crippen molar-refractivity contribution in [2.75, 3.05) is 44.8 Å². The SMILES string of the molecule is CCOCCNC(=NC)NC1CCN(c2ccc(Br)cc2)C1. The summed E-state index contributed by atoms with van der Waals surface area (Å²) in [6.45, 7) is 6.29. The molecular weight excluding hydrogens is 344 g/mol. The first-order valence-corrected chi connectivity index (χ1v) is 8.57. The Morgan fingerprint density at radius 1 is 1.41 bits per heavy atom. The van der Waals surface area contributed by atoms with Crippen LogP contribution < -0.4 is 15.5 Å². The lowest BCUT2D eigenvalue weighted by atomic mass is 10.3. The lowest BCUT2D eigenvalue weighted by molar-refractivity contribution is 0.152. The van der Waals surface area contributed by atoms with Gasteiger partial charge in [-0.15, -0.1) is 0 Å². The van der Waals surface area contributed by atoms with E-state index in [-0.39, 0.29) is 0 Å². The number of aliphatic imine (C=N–C) groups is 1. The average molecular weight is 369 g/mol. The summed E-state index contributed by atoms with van der Waals surface area (Å²) in [5.74, 6) is 0.849. The largest absolute Gasteiger partial charge is 0.380 e. The van der Waals surface area contributed by atoms with Gasteiger partial charge in [-0.2, -0.15) is 0 Å². The Morgan fingerprint density at radius 2 is 2.18 bits per heavy atom. The van der Waals surface area contributed by atoms with E-state index in [4.69, 9.17) is 4.74 Å². The molecule has 1 aliphatic rings. The molecule has 1 aromatic carbocycles. The van der Waals surface area contributed by atoms with E-state index in [0.717, 1.165) is 43.1 Å². The number of hydrogen-bond donors (Lipinski definition) is 2. The van der Waals surface area contributed by atoms with Crippen molar-refractivity contribution in [3.63, 3.8) is 0 Å². The molecule has 0 saturated carbocycles. The summed E-state index contributed by atoms with van der Waals surface area (Å²) < 4.78 is 6.44. The summed E-state index contributed by atoms with van der Waals surface area (Å²) in [5.41, 5.74) is 1.27. The minimum atomic E-state index is 0.418. The average Bonchev–Trinajstić information content (AvgIpc) is 2.99. The van der Waals surface area contributed by atoms with Crippen molar-refractivity contribution < 1.29 is 4.74 Å². The fourth-order valence-electron chi connectivity index (χ4n) is 2.54. The van der Waals surface area contributed by atoms with Crippen LogP contribution in [0.25, 0.3) is 0 Å². The summed E-state index contributed by atoms with van der Waals surface area (Å²) in [7, 11) is 1.80. The van der Waals surface area contributed by atoms with Gasteiger partial charge >= 0.3 is 0 Å². The zero-order valence-electron chi connectivity index (χ0n) is 13.3. The van der Waals surface area contributed by atoms with Crippen LogP contribution in [0.1, 0.15) is 13.3 Å². The van der Waals surface area contributed by atoms with Gasteiger partial charge in [-0.3, -0.25) is 4.99 Å². The molecule has 1 fully saturated rings. The summed E-state index contributed by atoms with van der Waals surface area (Å²) in [4.78, 5) is 6.67. The molecule has 0 bridgehead atoms. The number of anilines is 1. The normalized spacial score (nSPS) is 18.6. The van der Waals surface area contributed by atoms with Gasteiger partial charge in [-0.25, -0.2) is 0 Å². The van der Waals surface area contributed by atoms with Gasteiger partial charge in [-0.05, 0) is 37.6 Å². The molecule has 0 spiro atoms. The molecule has 122 valence electrons. The van der Waals surface area contributed by atoms with Crippen molar-refractivity contribution in [2.45, 2.75) is 19.4 Å². The zero-order chi connectivity index (χ0) is 15.8. The molecule has 5 nitrogen and oxygen atoms in total. The molecule has 6 heteroatoms.